The summed E-state index contributed by atoms with van der Waals surface area (Å²) in [7, 11) is -2.12. The highest BCUT2D eigenvalue weighted by molar-refractivity contribution is 7.03. The summed E-state index contributed by atoms with van der Waals surface area (Å²) >= 11 is 0. The summed E-state index contributed by atoms with van der Waals surface area (Å²) in [6, 6.07) is 34.9. The van der Waals surface area contributed by atoms with Crippen LogP contribution in [-0.4, -0.2) is 8.07 Å². The Balaban J connectivity index is 1.81. The number of fused-ring (bicyclic) bond motifs is 1. The molecule has 1 nitrogen and oxygen atoms in total. The number of hydrogen-bond acceptors (Lipinski definition) is 1. The molecule has 1 aliphatic rings. The van der Waals surface area contributed by atoms with Gasteiger partial charge >= 0.3 is 0 Å². The molecule has 0 saturated heterocycles. The normalized spacial score (nSPS) is 12.6. The first kappa shape index (κ1) is 22.4. The van der Waals surface area contributed by atoms with Gasteiger partial charge in [0.2, 0.25) is 0 Å². The second kappa shape index (κ2) is 9.48. The Kier molecular flexibility index (Phi) is 6.25. The van der Waals surface area contributed by atoms with E-state index in [0.717, 1.165) is 30.0 Å². The van der Waals surface area contributed by atoms with Crippen LogP contribution in [0.3, 0.4) is 0 Å². The third-order valence-electron chi connectivity index (χ3n) is 7.34. The highest BCUT2D eigenvalue weighted by Crippen LogP contribution is 2.37. The summed E-state index contributed by atoms with van der Waals surface area (Å²) in [5.74, 6) is 1.91. The third kappa shape index (κ3) is 3.93. The highest BCUT2D eigenvalue weighted by atomic mass is 28.3. The minimum atomic E-state index is -2.12. The molecule has 0 N–H and O–H groups in total. The smallest absolute Gasteiger partial charge is 0.134 e. The summed E-state index contributed by atoms with van der Waals surface area (Å²) < 4.78 is 6.82. The zero-order valence-electron chi connectivity index (χ0n) is 20.3. The van der Waals surface area contributed by atoms with Gasteiger partial charge in [-0.2, -0.15) is 0 Å². The topological polar surface area (TPSA) is 9.23 Å². The largest absolute Gasteiger partial charge is 0.457 e. The molecule has 0 radical (unpaired) electrons. The van der Waals surface area contributed by atoms with Crippen LogP contribution in [0.2, 0.25) is 12.1 Å². The Morgan fingerprint density at radius 1 is 0.765 bits per heavy atom. The van der Waals surface area contributed by atoms with Gasteiger partial charge < -0.3 is 4.74 Å². The minimum absolute atomic E-state index is 0.887. The van der Waals surface area contributed by atoms with Crippen LogP contribution in [0.15, 0.2) is 97.1 Å². The average Bonchev–Trinajstić information content (AvgIpc) is 3.37. The molecule has 0 aromatic heterocycles. The van der Waals surface area contributed by atoms with E-state index in [9.17, 15) is 0 Å². The zero-order chi connectivity index (χ0) is 23.5. The predicted molar refractivity (Wildman–Crippen MR) is 148 cm³/mol. The van der Waals surface area contributed by atoms with Gasteiger partial charge in [0, 0.05) is 5.56 Å². The molecule has 5 rings (SSSR count). The number of rotatable bonds is 7. The monoisotopic (exact) mass is 460 g/mol. The lowest BCUT2D eigenvalue weighted by Gasteiger charge is -2.35. The molecule has 0 saturated carbocycles. The fourth-order valence-corrected chi connectivity index (χ4v) is 10.2. The molecule has 34 heavy (non-hydrogen) atoms. The Labute approximate surface area is 204 Å². The number of benzene rings is 4. The van der Waals surface area contributed by atoms with E-state index in [1.54, 1.807) is 5.19 Å². The van der Waals surface area contributed by atoms with Crippen molar-refractivity contribution in [3.8, 4) is 22.6 Å². The SMILES string of the molecule is CC[Si](CC)(c1cccc2c1C=CC2)c1cc(C)cc(-c2ccccc2)c1Oc1ccccc1. The molecule has 1 aliphatic carbocycles. The molecule has 0 spiro atoms. The van der Waals surface area contributed by atoms with Gasteiger partial charge in [0.15, 0.2) is 0 Å². The molecule has 0 atom stereocenters. The highest BCUT2D eigenvalue weighted by Gasteiger charge is 2.39. The third-order valence-corrected chi connectivity index (χ3v) is 12.6. The van der Waals surface area contributed by atoms with E-state index in [-0.39, 0.29) is 0 Å². The second-order valence-corrected chi connectivity index (χ2v) is 13.9. The second-order valence-electron chi connectivity index (χ2n) is 9.24. The van der Waals surface area contributed by atoms with Crippen LogP contribution in [0, 0.1) is 6.92 Å². The van der Waals surface area contributed by atoms with E-state index >= 15 is 0 Å². The Hall–Kier alpha value is -3.36. The molecule has 4 aromatic rings. The lowest BCUT2D eigenvalue weighted by atomic mass is 10.0. The van der Waals surface area contributed by atoms with Crippen molar-refractivity contribution < 1.29 is 4.74 Å². The van der Waals surface area contributed by atoms with Gasteiger partial charge in [-0.15, -0.1) is 0 Å². The van der Waals surface area contributed by atoms with Crippen molar-refractivity contribution in [2.45, 2.75) is 39.3 Å². The van der Waals surface area contributed by atoms with Crippen LogP contribution in [0.5, 0.6) is 11.5 Å². The van der Waals surface area contributed by atoms with Crippen LogP contribution in [0.4, 0.5) is 0 Å². The summed E-state index contributed by atoms with van der Waals surface area (Å²) in [4.78, 5) is 0. The van der Waals surface area contributed by atoms with E-state index < -0.39 is 8.07 Å². The first-order valence-electron chi connectivity index (χ1n) is 12.4. The molecule has 0 heterocycles. The van der Waals surface area contributed by atoms with Gasteiger partial charge in [0.1, 0.15) is 19.6 Å². The van der Waals surface area contributed by atoms with Crippen LogP contribution in [-0.2, 0) is 6.42 Å². The van der Waals surface area contributed by atoms with Crippen molar-refractivity contribution in [3.05, 3.63) is 114 Å². The minimum Gasteiger partial charge on any atom is -0.457 e. The van der Waals surface area contributed by atoms with Crippen LogP contribution < -0.4 is 15.1 Å². The quantitative estimate of drug-likeness (QED) is 0.258. The molecule has 170 valence electrons. The van der Waals surface area contributed by atoms with Crippen LogP contribution in [0.25, 0.3) is 17.2 Å². The molecule has 0 amide bonds. The summed E-state index contributed by atoms with van der Waals surface area (Å²) in [5.41, 5.74) is 6.58. The molecular formula is C32H32OSi. The Morgan fingerprint density at radius 3 is 2.18 bits per heavy atom. The zero-order valence-corrected chi connectivity index (χ0v) is 21.3. The predicted octanol–water partition coefficient (Wildman–Crippen LogP) is 7.63. The molecule has 2 heteroatoms. The molecule has 0 unspecified atom stereocenters. The van der Waals surface area contributed by atoms with E-state index in [0.29, 0.717) is 0 Å². The van der Waals surface area contributed by atoms with E-state index in [1.165, 1.54) is 33.0 Å². The van der Waals surface area contributed by atoms with Gasteiger partial charge in [-0.1, -0.05) is 116 Å². The summed E-state index contributed by atoms with van der Waals surface area (Å²) in [5, 5.41) is 2.96. The van der Waals surface area contributed by atoms with Crippen molar-refractivity contribution in [1.29, 1.82) is 0 Å². The molecule has 0 fully saturated rings. The van der Waals surface area contributed by atoms with Gasteiger partial charge in [-0.25, -0.2) is 0 Å². The molecule has 4 aromatic carbocycles. The van der Waals surface area contributed by atoms with Gasteiger partial charge in [0.05, 0.1) is 0 Å². The average molecular weight is 461 g/mol. The fourth-order valence-electron chi connectivity index (χ4n) is 5.54. The van der Waals surface area contributed by atoms with Crippen molar-refractivity contribution in [3.63, 3.8) is 0 Å². The number of para-hydroxylation sites is 1. The lowest BCUT2D eigenvalue weighted by Crippen LogP contribution is -2.58. The lowest BCUT2D eigenvalue weighted by molar-refractivity contribution is 0.488. The first-order chi connectivity index (χ1) is 16.7. The molecule has 0 aliphatic heterocycles. The standard InChI is InChI=1S/C32H32OSi/c1-4-34(5-2,30-21-13-17-25-16-12-20-28(25)30)31-23-24(3)22-29(26-14-8-6-9-15-26)32(31)33-27-18-10-7-11-19-27/h6-15,17-23H,4-5,16H2,1-3H3. The van der Waals surface area contributed by atoms with Gasteiger partial charge in [-0.05, 0) is 58.6 Å². The van der Waals surface area contributed by atoms with Gasteiger partial charge in [0.25, 0.3) is 0 Å². The number of hydrogen-bond donors (Lipinski definition) is 0. The van der Waals surface area contributed by atoms with E-state index in [4.69, 9.17) is 4.74 Å². The number of aryl methyl sites for hydroxylation is 1. The van der Waals surface area contributed by atoms with Gasteiger partial charge in [-0.3, -0.25) is 0 Å². The van der Waals surface area contributed by atoms with Crippen molar-refractivity contribution in [1.82, 2.24) is 0 Å². The van der Waals surface area contributed by atoms with E-state index in [2.05, 4.69) is 106 Å². The van der Waals surface area contributed by atoms with E-state index in [1.807, 2.05) is 18.2 Å². The first-order valence-corrected chi connectivity index (χ1v) is 14.8. The fraction of sp³-hybridized carbons (Fsp3) is 0.188. The summed E-state index contributed by atoms with van der Waals surface area (Å²) in [6.45, 7) is 6.98. The van der Waals surface area contributed by atoms with Crippen molar-refractivity contribution >= 4 is 24.5 Å². The Morgan fingerprint density at radius 2 is 1.47 bits per heavy atom. The van der Waals surface area contributed by atoms with Crippen LogP contribution >= 0.6 is 0 Å². The maximum Gasteiger partial charge on any atom is 0.134 e. The molecular weight excluding hydrogens is 428 g/mol. The van der Waals surface area contributed by atoms with Crippen LogP contribution in [0.1, 0.15) is 30.5 Å². The number of allylic oxidation sites excluding steroid dienone is 1. The van der Waals surface area contributed by atoms with Crippen molar-refractivity contribution in [2.75, 3.05) is 0 Å². The maximum atomic E-state index is 6.82. The number of ether oxygens (including phenoxy) is 1. The summed E-state index contributed by atoms with van der Waals surface area (Å²) in [6.07, 6.45) is 5.70. The molecule has 0 bridgehead atoms. The Bertz CT molecular complexity index is 1320. The maximum absolute atomic E-state index is 6.82. The van der Waals surface area contributed by atoms with Crippen molar-refractivity contribution in [2.24, 2.45) is 0 Å².